The average Bonchev–Trinajstić information content (AvgIpc) is 3.41. The maximum atomic E-state index is 2.36. The molecule has 2 heteroatoms. The smallest absolute Gasteiger partial charge is 0.0534 e. The van der Waals surface area contributed by atoms with E-state index < -0.39 is 0 Å². The van der Waals surface area contributed by atoms with E-state index in [1.54, 1.807) is 0 Å². The lowest BCUT2D eigenvalue weighted by atomic mass is 10.0. The summed E-state index contributed by atoms with van der Waals surface area (Å²) in [4.78, 5) is 4.72. The minimum Gasteiger partial charge on any atom is -0.310 e. The highest BCUT2D eigenvalue weighted by Gasteiger charge is 2.22. The third kappa shape index (κ3) is 6.25. The SMILES string of the molecule is C/C=C1/C=Cc2ccccc2N(c2ccc(-c3ccc(N4c5ccccc5C=Cc5ccccc54)cc3)cc2)/C1=C/C.CC.CC. The van der Waals surface area contributed by atoms with Crippen LogP contribution in [0.5, 0.6) is 0 Å². The lowest BCUT2D eigenvalue weighted by Gasteiger charge is -2.28. The molecule has 0 amide bonds. The van der Waals surface area contributed by atoms with Gasteiger partial charge in [0.15, 0.2) is 0 Å². The molecule has 0 bridgehead atoms. The van der Waals surface area contributed by atoms with E-state index in [4.69, 9.17) is 0 Å². The lowest BCUT2D eigenvalue weighted by molar-refractivity contribution is 1.17. The topological polar surface area (TPSA) is 6.48 Å². The van der Waals surface area contributed by atoms with Crippen LogP contribution in [0.3, 0.4) is 0 Å². The molecule has 230 valence electrons. The van der Waals surface area contributed by atoms with Crippen LogP contribution in [0.15, 0.2) is 151 Å². The number of anilines is 5. The zero-order valence-corrected chi connectivity index (χ0v) is 27.9. The Morgan fingerprint density at radius 3 is 1.17 bits per heavy atom. The van der Waals surface area contributed by atoms with Crippen molar-refractivity contribution in [1.29, 1.82) is 0 Å². The third-order valence-corrected chi connectivity index (χ3v) is 8.12. The Balaban J connectivity index is 0.00000100. The molecule has 0 spiro atoms. The standard InChI is InChI=1S/C40H32N2.2C2H6/c1-3-29-17-18-32-11-5-8-14-38(32)41(37(29)4-2)35-25-21-30(22-26-35)31-23-27-36(28-24-31)42-39-15-9-6-12-33(39)19-20-34-13-7-10-16-40(34)42;2*1-2/h3-28H,1-2H3;2*1-2H3/b29-3-,37-4+;;. The Labute approximate surface area is 276 Å². The van der Waals surface area contributed by atoms with E-state index in [0.29, 0.717) is 0 Å². The van der Waals surface area contributed by atoms with Gasteiger partial charge in [0.25, 0.3) is 0 Å². The van der Waals surface area contributed by atoms with Crippen molar-refractivity contribution in [2.45, 2.75) is 41.5 Å². The van der Waals surface area contributed by atoms with E-state index >= 15 is 0 Å². The number of allylic oxidation sites excluding steroid dienone is 3. The molecule has 0 aromatic heterocycles. The van der Waals surface area contributed by atoms with Crippen molar-refractivity contribution in [2.75, 3.05) is 9.80 Å². The third-order valence-electron chi connectivity index (χ3n) is 8.12. The van der Waals surface area contributed by atoms with Crippen molar-refractivity contribution in [3.63, 3.8) is 0 Å². The highest BCUT2D eigenvalue weighted by atomic mass is 15.2. The van der Waals surface area contributed by atoms with Crippen LogP contribution in [0.4, 0.5) is 28.4 Å². The zero-order valence-electron chi connectivity index (χ0n) is 27.9. The van der Waals surface area contributed by atoms with Crippen molar-refractivity contribution in [3.8, 4) is 11.1 Å². The van der Waals surface area contributed by atoms with Gasteiger partial charge in [-0.25, -0.2) is 0 Å². The molecule has 2 nitrogen and oxygen atoms in total. The molecule has 0 atom stereocenters. The van der Waals surface area contributed by atoms with Gasteiger partial charge in [-0.2, -0.15) is 0 Å². The van der Waals surface area contributed by atoms with Crippen molar-refractivity contribution < 1.29 is 0 Å². The van der Waals surface area contributed by atoms with Gasteiger partial charge in [0.1, 0.15) is 0 Å². The first kappa shape index (κ1) is 32.1. The molecule has 0 aliphatic carbocycles. The summed E-state index contributed by atoms with van der Waals surface area (Å²) in [6.45, 7) is 12.2. The number of rotatable bonds is 3. The molecule has 0 saturated heterocycles. The molecule has 46 heavy (non-hydrogen) atoms. The van der Waals surface area contributed by atoms with Gasteiger partial charge < -0.3 is 9.80 Å². The number of benzene rings is 5. The van der Waals surface area contributed by atoms with Crippen LogP contribution in [-0.4, -0.2) is 0 Å². The highest BCUT2D eigenvalue weighted by Crippen LogP contribution is 2.43. The van der Waals surface area contributed by atoms with E-state index in [0.717, 1.165) is 11.4 Å². The largest absolute Gasteiger partial charge is 0.310 e. The molecule has 2 aliphatic heterocycles. The molecule has 2 aliphatic rings. The van der Waals surface area contributed by atoms with Crippen LogP contribution in [0.1, 0.15) is 58.2 Å². The first-order chi connectivity index (χ1) is 22.7. The number of para-hydroxylation sites is 3. The molecule has 0 fully saturated rings. The van der Waals surface area contributed by atoms with Gasteiger partial charge in [-0.05, 0) is 89.7 Å². The fraction of sp³-hybridized carbons (Fsp3) is 0.136. The summed E-state index contributed by atoms with van der Waals surface area (Å²) in [7, 11) is 0. The summed E-state index contributed by atoms with van der Waals surface area (Å²) in [6.07, 6.45) is 13.2. The second-order valence-electron chi connectivity index (χ2n) is 10.5. The maximum Gasteiger partial charge on any atom is 0.0534 e. The van der Waals surface area contributed by atoms with E-state index in [9.17, 15) is 0 Å². The molecule has 2 heterocycles. The Bertz CT molecular complexity index is 1840. The molecular weight excluding hydrogens is 556 g/mol. The van der Waals surface area contributed by atoms with Gasteiger partial charge >= 0.3 is 0 Å². The summed E-state index contributed by atoms with van der Waals surface area (Å²) in [5.74, 6) is 0. The minimum atomic E-state index is 1.14. The first-order valence-corrected chi connectivity index (χ1v) is 16.5. The monoisotopic (exact) mass is 600 g/mol. The number of hydrogen-bond acceptors (Lipinski definition) is 2. The molecule has 5 aromatic rings. The van der Waals surface area contributed by atoms with Gasteiger partial charge in [0.2, 0.25) is 0 Å². The summed E-state index contributed by atoms with van der Waals surface area (Å²) in [6, 6.07) is 43.6. The van der Waals surface area contributed by atoms with Gasteiger partial charge in [-0.3, -0.25) is 0 Å². The Hall–Kier alpha value is -5.34. The Morgan fingerprint density at radius 1 is 0.391 bits per heavy atom. The second-order valence-corrected chi connectivity index (χ2v) is 10.5. The van der Waals surface area contributed by atoms with Crippen molar-refractivity contribution in [2.24, 2.45) is 0 Å². The summed E-state index contributed by atoms with van der Waals surface area (Å²) >= 11 is 0. The molecular formula is C44H44N2. The molecule has 7 rings (SSSR count). The van der Waals surface area contributed by atoms with E-state index in [-0.39, 0.29) is 0 Å². The fourth-order valence-electron chi connectivity index (χ4n) is 6.03. The fourth-order valence-corrected chi connectivity index (χ4v) is 6.03. The van der Waals surface area contributed by atoms with E-state index in [1.165, 1.54) is 56.1 Å². The van der Waals surface area contributed by atoms with Crippen LogP contribution in [0.25, 0.3) is 29.4 Å². The van der Waals surface area contributed by atoms with Crippen LogP contribution in [0.2, 0.25) is 0 Å². The number of fused-ring (bicyclic) bond motifs is 3. The maximum absolute atomic E-state index is 2.36. The lowest BCUT2D eigenvalue weighted by Crippen LogP contribution is -2.17. The van der Waals surface area contributed by atoms with Crippen molar-refractivity contribution in [3.05, 3.63) is 168 Å². The molecule has 5 aromatic carbocycles. The highest BCUT2D eigenvalue weighted by molar-refractivity contribution is 5.93. The van der Waals surface area contributed by atoms with Crippen LogP contribution >= 0.6 is 0 Å². The molecule has 0 saturated carbocycles. The van der Waals surface area contributed by atoms with Crippen LogP contribution < -0.4 is 9.80 Å². The quantitative estimate of drug-likeness (QED) is 0.199. The van der Waals surface area contributed by atoms with Gasteiger partial charge in [0.05, 0.1) is 17.1 Å². The van der Waals surface area contributed by atoms with Crippen LogP contribution in [-0.2, 0) is 0 Å². The minimum absolute atomic E-state index is 1.14. The second kappa shape index (κ2) is 15.1. The van der Waals surface area contributed by atoms with Crippen molar-refractivity contribution in [1.82, 2.24) is 0 Å². The van der Waals surface area contributed by atoms with E-state index in [2.05, 4.69) is 181 Å². The number of hydrogen-bond donors (Lipinski definition) is 0. The Morgan fingerprint density at radius 2 is 0.761 bits per heavy atom. The first-order valence-electron chi connectivity index (χ1n) is 16.5. The van der Waals surface area contributed by atoms with Crippen LogP contribution in [0, 0.1) is 0 Å². The summed E-state index contributed by atoms with van der Waals surface area (Å²) < 4.78 is 0. The normalized spacial score (nSPS) is 14.6. The Kier molecular flexibility index (Phi) is 10.5. The van der Waals surface area contributed by atoms with Crippen molar-refractivity contribution >= 4 is 46.7 Å². The predicted molar refractivity (Wildman–Crippen MR) is 203 cm³/mol. The molecule has 0 unspecified atom stereocenters. The summed E-state index contributed by atoms with van der Waals surface area (Å²) in [5.41, 5.74) is 14.2. The van der Waals surface area contributed by atoms with Gasteiger partial charge in [0, 0.05) is 17.1 Å². The van der Waals surface area contributed by atoms with Gasteiger partial charge in [-0.15, -0.1) is 0 Å². The molecule has 0 N–H and O–H groups in total. The summed E-state index contributed by atoms with van der Waals surface area (Å²) in [5, 5.41) is 0. The molecule has 0 radical (unpaired) electrons. The van der Waals surface area contributed by atoms with E-state index in [1.807, 2.05) is 27.7 Å². The number of nitrogens with zero attached hydrogens (tertiary/aromatic N) is 2. The average molecular weight is 601 g/mol. The zero-order chi connectivity index (χ0) is 32.5. The van der Waals surface area contributed by atoms with Gasteiger partial charge in [-0.1, -0.05) is 143 Å². The predicted octanol–water partition coefficient (Wildman–Crippen LogP) is 13.4.